The Morgan fingerprint density at radius 1 is 1.41 bits per heavy atom. The van der Waals surface area contributed by atoms with Crippen LogP contribution in [0.4, 0.5) is 5.69 Å². The highest BCUT2D eigenvalue weighted by atomic mass is 35.5. The summed E-state index contributed by atoms with van der Waals surface area (Å²) >= 11 is 5.81. The third kappa shape index (κ3) is 4.09. The molecule has 0 saturated carbocycles. The fraction of sp³-hybridized carbons (Fsp3) is 0.455. The summed E-state index contributed by atoms with van der Waals surface area (Å²) in [7, 11) is -3.07. The van der Waals surface area contributed by atoms with Crippen molar-refractivity contribution in [1.29, 1.82) is 0 Å². The SMILES string of the molecule is CC(C)S(=O)(=O)CCOc1ccc(N)c(Cl)c1. The molecule has 0 aliphatic heterocycles. The minimum absolute atomic E-state index is 0.00728. The van der Waals surface area contributed by atoms with Crippen LogP contribution in [0.1, 0.15) is 13.8 Å². The van der Waals surface area contributed by atoms with E-state index in [0.29, 0.717) is 16.5 Å². The Hall–Kier alpha value is -0.940. The first kappa shape index (κ1) is 14.1. The Morgan fingerprint density at radius 2 is 2.06 bits per heavy atom. The van der Waals surface area contributed by atoms with Gasteiger partial charge in [0, 0.05) is 6.07 Å². The average Bonchev–Trinajstić information content (AvgIpc) is 2.23. The van der Waals surface area contributed by atoms with Gasteiger partial charge in [-0.1, -0.05) is 11.6 Å². The van der Waals surface area contributed by atoms with Gasteiger partial charge in [0.2, 0.25) is 0 Å². The van der Waals surface area contributed by atoms with Crippen LogP contribution < -0.4 is 10.5 Å². The monoisotopic (exact) mass is 277 g/mol. The van der Waals surface area contributed by atoms with Gasteiger partial charge in [-0.25, -0.2) is 8.42 Å². The first-order valence-corrected chi connectivity index (χ1v) is 7.31. The number of halogens is 1. The van der Waals surface area contributed by atoms with E-state index in [0.717, 1.165) is 0 Å². The summed E-state index contributed by atoms with van der Waals surface area (Å²) in [6.45, 7) is 3.41. The number of hydrogen-bond acceptors (Lipinski definition) is 4. The summed E-state index contributed by atoms with van der Waals surface area (Å²) in [5.41, 5.74) is 6.01. The fourth-order valence-corrected chi connectivity index (χ4v) is 2.07. The molecule has 0 aliphatic carbocycles. The van der Waals surface area contributed by atoms with Crippen molar-refractivity contribution in [2.24, 2.45) is 0 Å². The van der Waals surface area contributed by atoms with Crippen molar-refractivity contribution in [1.82, 2.24) is 0 Å². The summed E-state index contributed by atoms with van der Waals surface area (Å²) in [5, 5.41) is 0.00956. The number of nitrogen functional groups attached to an aromatic ring is 1. The lowest BCUT2D eigenvalue weighted by Gasteiger charge is -2.10. The lowest BCUT2D eigenvalue weighted by atomic mass is 10.3. The molecule has 4 nitrogen and oxygen atoms in total. The fourth-order valence-electron chi connectivity index (χ4n) is 1.11. The molecule has 1 aromatic rings. The van der Waals surface area contributed by atoms with Gasteiger partial charge >= 0.3 is 0 Å². The van der Waals surface area contributed by atoms with E-state index in [1.165, 1.54) is 0 Å². The standard InChI is InChI=1S/C11H16ClNO3S/c1-8(2)17(14,15)6-5-16-9-3-4-11(13)10(12)7-9/h3-4,7-8H,5-6,13H2,1-2H3. The number of benzene rings is 1. The van der Waals surface area contributed by atoms with E-state index in [1.807, 2.05) is 0 Å². The second-order valence-electron chi connectivity index (χ2n) is 3.95. The lowest BCUT2D eigenvalue weighted by Crippen LogP contribution is -2.22. The van der Waals surface area contributed by atoms with E-state index in [9.17, 15) is 8.42 Å². The van der Waals surface area contributed by atoms with Gasteiger partial charge in [-0.3, -0.25) is 0 Å². The molecule has 0 heterocycles. The molecule has 96 valence electrons. The van der Waals surface area contributed by atoms with E-state index >= 15 is 0 Å². The minimum atomic E-state index is -3.07. The zero-order valence-electron chi connectivity index (χ0n) is 9.81. The van der Waals surface area contributed by atoms with Gasteiger partial charge in [-0.05, 0) is 26.0 Å². The van der Waals surface area contributed by atoms with Gasteiger partial charge in [0.25, 0.3) is 0 Å². The lowest BCUT2D eigenvalue weighted by molar-refractivity contribution is 0.340. The zero-order chi connectivity index (χ0) is 13.1. The van der Waals surface area contributed by atoms with Gasteiger partial charge < -0.3 is 10.5 Å². The van der Waals surface area contributed by atoms with Gasteiger partial charge in [-0.2, -0.15) is 0 Å². The van der Waals surface area contributed by atoms with Crippen LogP contribution in [-0.4, -0.2) is 26.0 Å². The average molecular weight is 278 g/mol. The molecule has 0 unspecified atom stereocenters. The van der Waals surface area contributed by atoms with Crippen molar-refractivity contribution in [3.05, 3.63) is 23.2 Å². The number of rotatable bonds is 5. The minimum Gasteiger partial charge on any atom is -0.492 e. The van der Waals surface area contributed by atoms with Gasteiger partial charge in [0.15, 0.2) is 9.84 Å². The molecule has 2 N–H and O–H groups in total. The quantitative estimate of drug-likeness (QED) is 0.837. The molecule has 0 radical (unpaired) electrons. The summed E-state index contributed by atoms with van der Waals surface area (Å²) in [6, 6.07) is 4.84. The third-order valence-corrected chi connectivity index (χ3v) is 4.83. The molecule has 0 amide bonds. The van der Waals surface area contributed by atoms with Gasteiger partial charge in [0.1, 0.15) is 12.4 Å². The Balaban J connectivity index is 2.55. The topological polar surface area (TPSA) is 69.4 Å². The van der Waals surface area contributed by atoms with E-state index in [4.69, 9.17) is 22.1 Å². The molecule has 0 aromatic heterocycles. The molecule has 0 atom stereocenters. The predicted octanol–water partition coefficient (Wildman–Crippen LogP) is 2.12. The highest BCUT2D eigenvalue weighted by molar-refractivity contribution is 7.91. The maximum Gasteiger partial charge on any atom is 0.155 e. The molecular formula is C11H16ClNO3S. The number of hydrogen-bond donors (Lipinski definition) is 1. The van der Waals surface area contributed by atoms with E-state index in [1.54, 1.807) is 32.0 Å². The predicted molar refractivity (Wildman–Crippen MR) is 70.3 cm³/mol. The number of anilines is 1. The van der Waals surface area contributed by atoms with Crippen LogP contribution in [0.25, 0.3) is 0 Å². The summed E-state index contributed by atoms with van der Waals surface area (Å²) in [6.07, 6.45) is 0. The van der Waals surface area contributed by atoms with Crippen LogP contribution in [-0.2, 0) is 9.84 Å². The zero-order valence-corrected chi connectivity index (χ0v) is 11.4. The third-order valence-electron chi connectivity index (χ3n) is 2.33. The first-order valence-electron chi connectivity index (χ1n) is 5.22. The van der Waals surface area contributed by atoms with E-state index in [-0.39, 0.29) is 17.6 Å². The van der Waals surface area contributed by atoms with Crippen LogP contribution in [0.15, 0.2) is 18.2 Å². The van der Waals surface area contributed by atoms with Crippen molar-refractivity contribution in [3.8, 4) is 5.75 Å². The van der Waals surface area contributed by atoms with Crippen molar-refractivity contribution in [2.75, 3.05) is 18.1 Å². The van der Waals surface area contributed by atoms with Crippen LogP contribution in [0.3, 0.4) is 0 Å². The summed E-state index contributed by atoms with van der Waals surface area (Å²) < 4.78 is 28.3. The van der Waals surface area contributed by atoms with Crippen LogP contribution in [0.2, 0.25) is 5.02 Å². The Bertz CT molecular complexity index is 485. The number of nitrogens with two attached hydrogens (primary N) is 1. The van der Waals surface area contributed by atoms with E-state index in [2.05, 4.69) is 0 Å². The molecule has 6 heteroatoms. The molecule has 1 aromatic carbocycles. The van der Waals surface area contributed by atoms with Crippen LogP contribution in [0.5, 0.6) is 5.75 Å². The highest BCUT2D eigenvalue weighted by Crippen LogP contribution is 2.24. The first-order chi connectivity index (χ1) is 7.83. The van der Waals surface area contributed by atoms with Crippen molar-refractivity contribution >= 4 is 27.1 Å². The highest BCUT2D eigenvalue weighted by Gasteiger charge is 2.15. The molecule has 0 saturated heterocycles. The van der Waals surface area contributed by atoms with Crippen LogP contribution in [0, 0.1) is 0 Å². The maximum atomic E-state index is 11.5. The van der Waals surface area contributed by atoms with Crippen molar-refractivity contribution in [2.45, 2.75) is 19.1 Å². The Labute approximate surface area is 107 Å². The van der Waals surface area contributed by atoms with Gasteiger partial charge in [-0.15, -0.1) is 0 Å². The maximum absolute atomic E-state index is 11.5. The molecule has 1 rings (SSSR count). The molecule has 17 heavy (non-hydrogen) atoms. The van der Waals surface area contributed by atoms with Gasteiger partial charge in [0.05, 0.1) is 21.7 Å². The van der Waals surface area contributed by atoms with Crippen molar-refractivity contribution in [3.63, 3.8) is 0 Å². The Kier molecular flexibility index (Phi) is 4.65. The smallest absolute Gasteiger partial charge is 0.155 e. The molecule has 0 aliphatic rings. The molecular weight excluding hydrogens is 262 g/mol. The molecule has 0 bridgehead atoms. The second kappa shape index (κ2) is 5.60. The largest absolute Gasteiger partial charge is 0.492 e. The van der Waals surface area contributed by atoms with Crippen LogP contribution >= 0.6 is 11.6 Å². The summed E-state index contributed by atoms with van der Waals surface area (Å²) in [4.78, 5) is 0. The van der Waals surface area contributed by atoms with Crippen molar-refractivity contribution < 1.29 is 13.2 Å². The normalized spacial score (nSPS) is 11.8. The molecule has 0 fully saturated rings. The number of sulfone groups is 1. The summed E-state index contributed by atoms with van der Waals surface area (Å²) in [5.74, 6) is 0.510. The number of ether oxygens (including phenoxy) is 1. The molecule has 0 spiro atoms. The Morgan fingerprint density at radius 3 is 2.59 bits per heavy atom. The van der Waals surface area contributed by atoms with E-state index < -0.39 is 9.84 Å². The second-order valence-corrected chi connectivity index (χ2v) is 7.03.